The monoisotopic (exact) mass is 288 g/mol. The quantitative estimate of drug-likeness (QED) is 0.676. The van der Waals surface area contributed by atoms with Gasteiger partial charge in [-0.25, -0.2) is 4.98 Å². The van der Waals surface area contributed by atoms with Gasteiger partial charge in [-0.1, -0.05) is 26.7 Å². The summed E-state index contributed by atoms with van der Waals surface area (Å²) in [6.07, 6.45) is 5.82. The fourth-order valence-electron chi connectivity index (χ4n) is 3.07. The molecule has 2 unspecified atom stereocenters. The number of pyridine rings is 1. The van der Waals surface area contributed by atoms with Crippen molar-refractivity contribution in [3.63, 3.8) is 0 Å². The van der Waals surface area contributed by atoms with E-state index in [1.807, 2.05) is 6.07 Å². The highest BCUT2D eigenvalue weighted by Gasteiger charge is 2.28. The lowest BCUT2D eigenvalue weighted by Gasteiger charge is -2.35. The molecule has 0 spiro atoms. The van der Waals surface area contributed by atoms with Crippen LogP contribution >= 0.6 is 0 Å². The molecule has 1 fully saturated rings. The van der Waals surface area contributed by atoms with E-state index in [4.69, 9.17) is 0 Å². The first-order chi connectivity index (χ1) is 10.0. The van der Waals surface area contributed by atoms with Gasteiger partial charge in [0.25, 0.3) is 5.69 Å². The highest BCUT2D eigenvalue weighted by atomic mass is 16.6. The van der Waals surface area contributed by atoms with Crippen molar-refractivity contribution in [2.45, 2.75) is 45.6 Å². The third kappa shape index (κ3) is 3.48. The number of nitrogens with one attached hydrogen (secondary N) is 1. The molecule has 0 amide bonds. The fourth-order valence-corrected chi connectivity index (χ4v) is 3.07. The summed E-state index contributed by atoms with van der Waals surface area (Å²) in [5.74, 6) is 1.56. The van der Waals surface area contributed by atoms with Crippen LogP contribution in [0.15, 0.2) is 12.3 Å². The van der Waals surface area contributed by atoms with Gasteiger partial charge in [0.2, 0.25) is 0 Å². The van der Waals surface area contributed by atoms with Crippen LogP contribution in [-0.2, 0) is 0 Å². The molecule has 0 bridgehead atoms. The van der Waals surface area contributed by atoms with Crippen molar-refractivity contribution in [3.8, 4) is 6.07 Å². The first-order valence-corrected chi connectivity index (χ1v) is 7.34. The van der Waals surface area contributed by atoms with Crippen molar-refractivity contribution in [2.24, 2.45) is 11.8 Å². The molecule has 0 radical (unpaired) electrons. The smallest absolute Gasteiger partial charge is 0.289 e. The maximum atomic E-state index is 10.7. The molecule has 1 aromatic heterocycles. The van der Waals surface area contributed by atoms with Crippen molar-refractivity contribution in [1.82, 2.24) is 4.98 Å². The molecular weight excluding hydrogens is 268 g/mol. The lowest BCUT2D eigenvalue weighted by atomic mass is 9.78. The number of nitriles is 1. The number of rotatable bonds is 4. The van der Waals surface area contributed by atoms with Gasteiger partial charge in [-0.15, -0.1) is 0 Å². The molecule has 21 heavy (non-hydrogen) atoms. The van der Waals surface area contributed by atoms with Gasteiger partial charge in [-0.3, -0.25) is 10.1 Å². The van der Waals surface area contributed by atoms with Gasteiger partial charge in [0.1, 0.15) is 23.6 Å². The fraction of sp³-hybridized carbons (Fsp3) is 0.600. The van der Waals surface area contributed by atoms with Gasteiger partial charge < -0.3 is 5.32 Å². The predicted octanol–water partition coefficient (Wildman–Crippen LogP) is 3.49. The molecule has 6 nitrogen and oxygen atoms in total. The number of hydrogen-bond donors (Lipinski definition) is 1. The highest BCUT2D eigenvalue weighted by molar-refractivity contribution is 5.56. The second-order valence-corrected chi connectivity index (χ2v) is 5.90. The molecule has 1 saturated carbocycles. The van der Waals surface area contributed by atoms with Crippen molar-refractivity contribution in [2.75, 3.05) is 5.32 Å². The van der Waals surface area contributed by atoms with E-state index < -0.39 is 4.92 Å². The molecule has 1 heterocycles. The Labute approximate surface area is 124 Å². The zero-order chi connectivity index (χ0) is 15.4. The van der Waals surface area contributed by atoms with Gasteiger partial charge >= 0.3 is 0 Å². The van der Waals surface area contributed by atoms with E-state index in [2.05, 4.69) is 24.1 Å². The lowest BCUT2D eigenvalue weighted by molar-refractivity contribution is -0.385. The Morgan fingerprint density at radius 2 is 2.19 bits per heavy atom. The van der Waals surface area contributed by atoms with Crippen LogP contribution in [0, 0.1) is 33.3 Å². The van der Waals surface area contributed by atoms with Gasteiger partial charge in [0.05, 0.1) is 4.92 Å². The number of nitro groups is 1. The van der Waals surface area contributed by atoms with E-state index in [0.29, 0.717) is 17.7 Å². The van der Waals surface area contributed by atoms with E-state index in [1.54, 1.807) is 0 Å². The molecule has 0 aliphatic heterocycles. The number of anilines is 1. The summed E-state index contributed by atoms with van der Waals surface area (Å²) in [6.45, 7) is 4.41. The largest absolute Gasteiger partial charge is 0.366 e. The molecule has 0 aromatic carbocycles. The summed E-state index contributed by atoms with van der Waals surface area (Å²) in [7, 11) is 0. The Morgan fingerprint density at radius 1 is 1.48 bits per heavy atom. The van der Waals surface area contributed by atoms with E-state index in [9.17, 15) is 15.4 Å². The second-order valence-electron chi connectivity index (χ2n) is 5.90. The van der Waals surface area contributed by atoms with E-state index in [0.717, 1.165) is 12.8 Å². The highest BCUT2D eigenvalue weighted by Crippen LogP contribution is 2.32. The lowest BCUT2D eigenvalue weighted by Crippen LogP contribution is -2.35. The van der Waals surface area contributed by atoms with Crippen LogP contribution in [0.2, 0.25) is 0 Å². The van der Waals surface area contributed by atoms with Crippen LogP contribution in [-0.4, -0.2) is 15.9 Å². The molecule has 2 atom stereocenters. The minimum atomic E-state index is -0.533. The van der Waals surface area contributed by atoms with Gasteiger partial charge in [-0.05, 0) is 24.7 Å². The average molecular weight is 288 g/mol. The molecule has 2 rings (SSSR count). The van der Waals surface area contributed by atoms with Crippen LogP contribution in [0.5, 0.6) is 0 Å². The van der Waals surface area contributed by atoms with Crippen LogP contribution in [0.4, 0.5) is 11.5 Å². The normalized spacial score (nSPS) is 21.8. The Bertz CT molecular complexity index is 565. The van der Waals surface area contributed by atoms with Crippen LogP contribution in [0.25, 0.3) is 0 Å². The zero-order valence-electron chi connectivity index (χ0n) is 12.4. The summed E-state index contributed by atoms with van der Waals surface area (Å²) >= 11 is 0. The summed E-state index contributed by atoms with van der Waals surface area (Å²) < 4.78 is 0. The van der Waals surface area contributed by atoms with Crippen molar-refractivity contribution in [1.29, 1.82) is 5.26 Å². The average Bonchev–Trinajstić information content (AvgIpc) is 2.47. The molecule has 1 aliphatic rings. The van der Waals surface area contributed by atoms with E-state index in [1.165, 1.54) is 25.1 Å². The number of nitrogens with zero attached hydrogens (tertiary/aromatic N) is 3. The molecule has 112 valence electrons. The third-order valence-corrected chi connectivity index (χ3v) is 4.20. The first kappa shape index (κ1) is 15.2. The Balaban J connectivity index is 2.22. The zero-order valence-corrected chi connectivity index (χ0v) is 12.4. The molecule has 1 aromatic rings. The Kier molecular flexibility index (Phi) is 4.73. The summed E-state index contributed by atoms with van der Waals surface area (Å²) in [5, 5.41) is 23.3. The molecule has 1 aliphatic carbocycles. The summed E-state index contributed by atoms with van der Waals surface area (Å²) in [4.78, 5) is 14.3. The Hall–Kier alpha value is -2.16. The van der Waals surface area contributed by atoms with Crippen molar-refractivity contribution in [3.05, 3.63) is 27.9 Å². The molecule has 6 heteroatoms. The van der Waals surface area contributed by atoms with E-state index >= 15 is 0 Å². The van der Waals surface area contributed by atoms with Gasteiger partial charge in [-0.2, -0.15) is 5.26 Å². The number of aromatic nitrogens is 1. The SMILES string of the molecule is CC(C)C1CCCCC1Nc1ncc([N+](=O)[O-])cc1C#N. The van der Waals surface area contributed by atoms with Gasteiger partial charge in [0, 0.05) is 12.1 Å². The standard InChI is InChI=1S/C15H20N4O2/c1-10(2)13-5-3-4-6-14(13)18-15-11(8-16)7-12(9-17-15)19(20)21/h7,9-10,13-14H,3-6H2,1-2H3,(H,17,18). The molecule has 0 saturated heterocycles. The van der Waals surface area contributed by atoms with Crippen molar-refractivity contribution >= 4 is 11.5 Å². The number of hydrogen-bond acceptors (Lipinski definition) is 5. The first-order valence-electron chi connectivity index (χ1n) is 7.34. The van der Waals surface area contributed by atoms with Crippen LogP contribution in [0.1, 0.15) is 45.1 Å². The van der Waals surface area contributed by atoms with Crippen LogP contribution in [0.3, 0.4) is 0 Å². The van der Waals surface area contributed by atoms with Gasteiger partial charge in [0.15, 0.2) is 0 Å². The predicted molar refractivity (Wildman–Crippen MR) is 79.8 cm³/mol. The summed E-state index contributed by atoms with van der Waals surface area (Å²) in [6, 6.07) is 3.55. The minimum absolute atomic E-state index is 0.152. The minimum Gasteiger partial charge on any atom is -0.366 e. The van der Waals surface area contributed by atoms with Crippen LogP contribution < -0.4 is 5.32 Å². The molecule has 1 N–H and O–H groups in total. The van der Waals surface area contributed by atoms with Crippen molar-refractivity contribution < 1.29 is 4.92 Å². The maximum Gasteiger partial charge on any atom is 0.289 e. The summed E-state index contributed by atoms with van der Waals surface area (Å²) in [5.41, 5.74) is 0.0819. The topological polar surface area (TPSA) is 91.8 Å². The maximum absolute atomic E-state index is 10.7. The third-order valence-electron chi connectivity index (χ3n) is 4.20. The Morgan fingerprint density at radius 3 is 2.81 bits per heavy atom. The van der Waals surface area contributed by atoms with E-state index in [-0.39, 0.29) is 17.3 Å². The second kappa shape index (κ2) is 6.53. The molecular formula is C15H20N4O2.